The van der Waals surface area contributed by atoms with Gasteiger partial charge in [0.2, 0.25) is 0 Å². The van der Waals surface area contributed by atoms with Crippen LogP contribution in [0.5, 0.6) is 0 Å². The molecule has 2 aromatic carbocycles. The number of halogens is 4. The summed E-state index contributed by atoms with van der Waals surface area (Å²) >= 11 is 6.98. The summed E-state index contributed by atoms with van der Waals surface area (Å²) < 4.78 is 41.8. The molecule has 33 heavy (non-hydrogen) atoms. The fourth-order valence-corrected chi connectivity index (χ4v) is 4.46. The van der Waals surface area contributed by atoms with Crippen molar-refractivity contribution in [2.24, 2.45) is 4.99 Å². The lowest BCUT2D eigenvalue weighted by atomic mass is 10.1. The Bertz CT molecular complexity index is 1290. The first kappa shape index (κ1) is 23.3. The van der Waals surface area contributed by atoms with Gasteiger partial charge in [0.25, 0.3) is 5.91 Å². The van der Waals surface area contributed by atoms with Crippen LogP contribution in [0, 0.1) is 0 Å². The Hall–Kier alpha value is -2.82. The molecule has 0 unspecified atom stereocenters. The number of hydrogen-bond acceptors (Lipinski definition) is 5. The molecule has 0 radical (unpaired) electrons. The van der Waals surface area contributed by atoms with Gasteiger partial charge in [-0.25, -0.2) is 0 Å². The first-order valence-corrected chi connectivity index (χ1v) is 11.0. The van der Waals surface area contributed by atoms with Gasteiger partial charge in [-0.15, -0.1) is 0 Å². The van der Waals surface area contributed by atoms with Gasteiger partial charge in [0.1, 0.15) is 0 Å². The summed E-state index contributed by atoms with van der Waals surface area (Å²) in [6.45, 7) is 0.240. The van der Waals surface area contributed by atoms with E-state index in [9.17, 15) is 18.0 Å². The molecule has 6 nitrogen and oxygen atoms in total. The van der Waals surface area contributed by atoms with E-state index in [2.05, 4.69) is 10.1 Å². The van der Waals surface area contributed by atoms with E-state index < -0.39 is 11.7 Å². The van der Waals surface area contributed by atoms with Gasteiger partial charge < -0.3 is 10.0 Å². The predicted molar refractivity (Wildman–Crippen MR) is 123 cm³/mol. The van der Waals surface area contributed by atoms with Gasteiger partial charge in [-0.3, -0.25) is 9.48 Å². The Kier molecular flexibility index (Phi) is 6.51. The Morgan fingerprint density at radius 2 is 2.03 bits per heavy atom. The molecule has 0 saturated carbocycles. The number of hydrogen-bond donors (Lipinski definition) is 1. The molecule has 4 rings (SSSR count). The number of thioether (sulfide) groups is 1. The fourth-order valence-electron chi connectivity index (χ4n) is 3.39. The summed E-state index contributed by atoms with van der Waals surface area (Å²) in [7, 11) is 1.74. The SMILES string of the molecule is CN(CCO)C1=NC(=O)/C(=C/c2ccc3c(cnn3Cc3ccc(Cl)cc3C(F)(F)F)c2)S1. The van der Waals surface area contributed by atoms with Crippen molar-refractivity contribution in [2.45, 2.75) is 12.7 Å². The Balaban J connectivity index is 1.58. The lowest BCUT2D eigenvalue weighted by Gasteiger charge is -2.15. The number of aromatic nitrogens is 2. The van der Waals surface area contributed by atoms with Crippen LogP contribution in [0.3, 0.4) is 0 Å². The van der Waals surface area contributed by atoms with Crippen LogP contribution < -0.4 is 0 Å². The molecule has 0 saturated heterocycles. The Morgan fingerprint density at radius 1 is 1.24 bits per heavy atom. The molecule has 1 aliphatic heterocycles. The third kappa shape index (κ3) is 5.07. The van der Waals surface area contributed by atoms with Crippen LogP contribution in [0.15, 0.2) is 52.5 Å². The summed E-state index contributed by atoms with van der Waals surface area (Å²) in [5, 5.41) is 14.6. The van der Waals surface area contributed by atoms with E-state index in [0.29, 0.717) is 22.1 Å². The van der Waals surface area contributed by atoms with Crippen LogP contribution in [0.2, 0.25) is 5.02 Å². The maximum absolute atomic E-state index is 13.4. The zero-order valence-corrected chi connectivity index (χ0v) is 18.9. The van der Waals surface area contributed by atoms with Crippen LogP contribution in [0.25, 0.3) is 17.0 Å². The number of rotatable bonds is 5. The number of aliphatic hydroxyl groups excluding tert-OH is 1. The second-order valence-electron chi connectivity index (χ2n) is 7.38. The third-order valence-corrected chi connectivity index (χ3v) is 6.37. The predicted octanol–water partition coefficient (Wildman–Crippen LogP) is 4.65. The molecule has 1 amide bonds. The molecule has 1 aliphatic rings. The number of amidine groups is 1. The number of nitrogens with zero attached hydrogens (tertiary/aromatic N) is 4. The minimum Gasteiger partial charge on any atom is -0.395 e. The van der Waals surface area contributed by atoms with E-state index >= 15 is 0 Å². The standard InChI is InChI=1S/C22H18ClF3N4O2S/c1-29(6-7-31)21-28-20(32)19(33-21)9-13-2-5-18-15(8-13)11-27-30(18)12-14-3-4-16(23)10-17(14)22(24,25)26/h2-5,8-11,31H,6-7,12H2,1H3/b19-9-. The summed E-state index contributed by atoms with van der Waals surface area (Å²) in [4.78, 5) is 18.4. The summed E-state index contributed by atoms with van der Waals surface area (Å²) in [6, 6.07) is 9.02. The van der Waals surface area contributed by atoms with E-state index in [0.717, 1.165) is 17.0 Å². The highest BCUT2D eigenvalue weighted by Gasteiger charge is 2.33. The van der Waals surface area contributed by atoms with Crippen LogP contribution in [0.4, 0.5) is 13.2 Å². The highest BCUT2D eigenvalue weighted by Crippen LogP contribution is 2.35. The van der Waals surface area contributed by atoms with Crippen molar-refractivity contribution in [3.8, 4) is 0 Å². The first-order chi connectivity index (χ1) is 15.7. The van der Waals surface area contributed by atoms with Crippen molar-refractivity contribution in [1.82, 2.24) is 14.7 Å². The number of aliphatic imine (C=N–C) groups is 1. The topological polar surface area (TPSA) is 70.7 Å². The molecule has 3 aromatic rings. The van der Waals surface area contributed by atoms with Crippen molar-refractivity contribution in [2.75, 3.05) is 20.2 Å². The van der Waals surface area contributed by atoms with Crippen molar-refractivity contribution in [1.29, 1.82) is 0 Å². The lowest BCUT2D eigenvalue weighted by molar-refractivity contribution is -0.138. The average molecular weight is 495 g/mol. The van der Waals surface area contributed by atoms with E-state index in [4.69, 9.17) is 16.7 Å². The number of aliphatic hydroxyl groups is 1. The van der Waals surface area contributed by atoms with Crippen LogP contribution in [-0.2, 0) is 17.5 Å². The van der Waals surface area contributed by atoms with Crippen LogP contribution in [-0.4, -0.2) is 51.1 Å². The van der Waals surface area contributed by atoms with Gasteiger partial charge in [-0.05, 0) is 53.2 Å². The van der Waals surface area contributed by atoms with Gasteiger partial charge in [0, 0.05) is 24.0 Å². The van der Waals surface area contributed by atoms with E-state index in [-0.39, 0.29) is 29.6 Å². The van der Waals surface area contributed by atoms with Crippen LogP contribution >= 0.6 is 23.4 Å². The third-order valence-electron chi connectivity index (χ3n) is 5.03. The maximum Gasteiger partial charge on any atom is 0.416 e. The zero-order chi connectivity index (χ0) is 23.8. The molecule has 0 spiro atoms. The second-order valence-corrected chi connectivity index (χ2v) is 8.82. The van der Waals surface area contributed by atoms with E-state index in [1.54, 1.807) is 36.4 Å². The van der Waals surface area contributed by atoms with Crippen molar-refractivity contribution >= 4 is 51.4 Å². The Morgan fingerprint density at radius 3 is 2.76 bits per heavy atom. The number of likely N-dealkylation sites (N-methyl/N-ethyl adjacent to an activating group) is 1. The number of fused-ring (bicyclic) bond motifs is 1. The first-order valence-electron chi connectivity index (χ1n) is 9.81. The van der Waals surface area contributed by atoms with E-state index in [1.807, 2.05) is 6.07 Å². The highest BCUT2D eigenvalue weighted by atomic mass is 35.5. The number of carbonyl (C=O) groups is 1. The zero-order valence-electron chi connectivity index (χ0n) is 17.3. The molecule has 11 heteroatoms. The molecule has 1 N–H and O–H groups in total. The van der Waals surface area contributed by atoms with Gasteiger partial charge in [-0.2, -0.15) is 23.3 Å². The van der Waals surface area contributed by atoms with Gasteiger partial charge >= 0.3 is 6.18 Å². The molecule has 1 aromatic heterocycles. The number of benzene rings is 2. The Labute approximate surface area is 196 Å². The van der Waals surface area contributed by atoms with Crippen LogP contribution in [0.1, 0.15) is 16.7 Å². The minimum atomic E-state index is -4.53. The molecule has 0 atom stereocenters. The fraction of sp³-hybridized carbons (Fsp3) is 0.227. The van der Waals surface area contributed by atoms with Gasteiger partial charge in [-0.1, -0.05) is 23.7 Å². The largest absolute Gasteiger partial charge is 0.416 e. The normalized spacial score (nSPS) is 15.5. The number of amides is 1. The molecule has 2 heterocycles. The molecule has 0 fully saturated rings. The highest BCUT2D eigenvalue weighted by molar-refractivity contribution is 8.18. The molecular formula is C22H18ClF3N4O2S. The van der Waals surface area contributed by atoms with Crippen molar-refractivity contribution < 1.29 is 23.1 Å². The maximum atomic E-state index is 13.4. The van der Waals surface area contributed by atoms with Crippen molar-refractivity contribution in [3.05, 3.63) is 69.2 Å². The number of alkyl halides is 3. The monoisotopic (exact) mass is 494 g/mol. The van der Waals surface area contributed by atoms with Gasteiger partial charge in [0.15, 0.2) is 5.17 Å². The van der Waals surface area contributed by atoms with Gasteiger partial charge in [0.05, 0.1) is 35.3 Å². The summed E-state index contributed by atoms with van der Waals surface area (Å²) in [6.07, 6.45) is -1.25. The van der Waals surface area contributed by atoms with Crippen molar-refractivity contribution in [3.63, 3.8) is 0 Å². The summed E-state index contributed by atoms with van der Waals surface area (Å²) in [5.41, 5.74) is 0.665. The second kappa shape index (κ2) is 9.20. The molecule has 0 aliphatic carbocycles. The number of carbonyl (C=O) groups excluding carboxylic acids is 1. The smallest absolute Gasteiger partial charge is 0.395 e. The minimum absolute atomic E-state index is 0.0168. The molecule has 0 bridgehead atoms. The molecular weight excluding hydrogens is 477 g/mol. The quantitative estimate of drug-likeness (QED) is 0.523. The average Bonchev–Trinajstić information content (AvgIpc) is 3.32. The lowest BCUT2D eigenvalue weighted by Crippen LogP contribution is -2.26. The summed E-state index contributed by atoms with van der Waals surface area (Å²) in [5.74, 6) is -0.363. The molecule has 172 valence electrons. The van der Waals surface area contributed by atoms with E-state index in [1.165, 1.54) is 28.6 Å².